The lowest BCUT2D eigenvalue weighted by molar-refractivity contribution is 0.297. The number of hydrogen-bond acceptors (Lipinski definition) is 4. The zero-order valence-corrected chi connectivity index (χ0v) is 12.5. The predicted molar refractivity (Wildman–Crippen MR) is 78.1 cm³/mol. The van der Waals surface area contributed by atoms with Crippen molar-refractivity contribution in [1.82, 2.24) is 4.98 Å². The van der Waals surface area contributed by atoms with E-state index in [4.69, 9.17) is 9.47 Å². The lowest BCUT2D eigenvalue weighted by Gasteiger charge is -2.09. The van der Waals surface area contributed by atoms with E-state index in [9.17, 15) is 0 Å². The van der Waals surface area contributed by atoms with E-state index < -0.39 is 0 Å². The molecule has 0 saturated heterocycles. The Morgan fingerprint density at radius 2 is 1.95 bits per heavy atom. The molecule has 2 aromatic rings. The molecule has 0 fully saturated rings. The molecule has 1 aromatic heterocycles. The quantitative estimate of drug-likeness (QED) is 0.823. The molecule has 1 aliphatic rings. The van der Waals surface area contributed by atoms with Crippen LogP contribution in [-0.4, -0.2) is 18.2 Å². The van der Waals surface area contributed by atoms with Gasteiger partial charge in [0.2, 0.25) is 0 Å². The monoisotopic (exact) mass is 337 g/mol. The van der Waals surface area contributed by atoms with Crippen molar-refractivity contribution in [2.75, 3.05) is 13.2 Å². The standard InChI is InChI=1S/C14H12BrNO2S/c15-11-9-16-5-4-14(11)19-10-2-3-12-13(8-10)18-7-1-6-17-12/h2-5,8-9H,1,6-7H2. The molecule has 1 aliphatic heterocycles. The molecule has 0 amide bonds. The molecule has 0 saturated carbocycles. The fraction of sp³-hybridized carbons (Fsp3) is 0.214. The maximum absolute atomic E-state index is 5.69. The maximum Gasteiger partial charge on any atom is 0.162 e. The summed E-state index contributed by atoms with van der Waals surface area (Å²) in [6.45, 7) is 1.43. The molecule has 0 unspecified atom stereocenters. The first kappa shape index (κ1) is 12.8. The Labute approximate surface area is 124 Å². The fourth-order valence-electron chi connectivity index (χ4n) is 1.78. The highest BCUT2D eigenvalue weighted by Crippen LogP contribution is 2.38. The molecule has 0 atom stereocenters. The molecule has 0 aliphatic carbocycles. The van der Waals surface area contributed by atoms with Crippen LogP contribution in [0.15, 0.2) is 50.9 Å². The summed E-state index contributed by atoms with van der Waals surface area (Å²) in [5.74, 6) is 1.66. The Balaban J connectivity index is 1.86. The van der Waals surface area contributed by atoms with Gasteiger partial charge in [-0.25, -0.2) is 0 Å². The Bertz CT molecular complexity index is 591. The summed E-state index contributed by atoms with van der Waals surface area (Å²) in [6, 6.07) is 8.03. The summed E-state index contributed by atoms with van der Waals surface area (Å²) in [7, 11) is 0. The van der Waals surface area contributed by atoms with E-state index in [1.165, 1.54) is 0 Å². The van der Waals surface area contributed by atoms with E-state index in [1.807, 2.05) is 24.3 Å². The Hall–Kier alpha value is -1.20. The van der Waals surface area contributed by atoms with E-state index in [1.54, 1.807) is 24.2 Å². The molecule has 19 heavy (non-hydrogen) atoms. The fourth-order valence-corrected chi connectivity index (χ4v) is 3.11. The summed E-state index contributed by atoms with van der Waals surface area (Å²) in [4.78, 5) is 6.31. The Kier molecular flexibility index (Phi) is 3.94. The van der Waals surface area contributed by atoms with Gasteiger partial charge in [-0.1, -0.05) is 11.8 Å². The van der Waals surface area contributed by atoms with Gasteiger partial charge in [-0.15, -0.1) is 0 Å². The molecular formula is C14H12BrNO2S. The molecule has 3 rings (SSSR count). The van der Waals surface area contributed by atoms with Crippen molar-refractivity contribution in [3.8, 4) is 11.5 Å². The van der Waals surface area contributed by atoms with E-state index in [2.05, 4.69) is 20.9 Å². The smallest absolute Gasteiger partial charge is 0.162 e. The van der Waals surface area contributed by atoms with Crippen molar-refractivity contribution in [2.45, 2.75) is 16.2 Å². The van der Waals surface area contributed by atoms with Crippen molar-refractivity contribution in [3.63, 3.8) is 0 Å². The van der Waals surface area contributed by atoms with Gasteiger partial charge in [-0.05, 0) is 40.2 Å². The van der Waals surface area contributed by atoms with Crippen LogP contribution in [0.5, 0.6) is 11.5 Å². The van der Waals surface area contributed by atoms with Gasteiger partial charge in [-0.2, -0.15) is 0 Å². The summed E-state index contributed by atoms with van der Waals surface area (Å²) >= 11 is 5.17. The number of pyridine rings is 1. The van der Waals surface area contributed by atoms with Crippen LogP contribution in [0.2, 0.25) is 0 Å². The van der Waals surface area contributed by atoms with Gasteiger partial charge in [-0.3, -0.25) is 4.98 Å². The third-order valence-electron chi connectivity index (χ3n) is 2.68. The van der Waals surface area contributed by atoms with Crippen molar-refractivity contribution in [3.05, 3.63) is 41.1 Å². The Morgan fingerprint density at radius 1 is 1.11 bits per heavy atom. The highest BCUT2D eigenvalue weighted by Gasteiger charge is 2.11. The maximum atomic E-state index is 5.69. The molecule has 0 bridgehead atoms. The molecule has 0 radical (unpaired) electrons. The van der Waals surface area contributed by atoms with E-state index in [0.29, 0.717) is 6.61 Å². The number of fused-ring (bicyclic) bond motifs is 1. The zero-order chi connectivity index (χ0) is 13.1. The summed E-state index contributed by atoms with van der Waals surface area (Å²) < 4.78 is 12.3. The zero-order valence-electron chi connectivity index (χ0n) is 10.1. The summed E-state index contributed by atoms with van der Waals surface area (Å²) in [5, 5.41) is 0. The van der Waals surface area contributed by atoms with Crippen LogP contribution in [0.1, 0.15) is 6.42 Å². The largest absolute Gasteiger partial charge is 0.490 e. The first-order valence-corrected chi connectivity index (χ1v) is 7.61. The van der Waals surface area contributed by atoms with Crippen LogP contribution in [0.4, 0.5) is 0 Å². The van der Waals surface area contributed by atoms with Crippen LogP contribution in [0.25, 0.3) is 0 Å². The first-order chi connectivity index (χ1) is 9.33. The number of hydrogen-bond donors (Lipinski definition) is 0. The minimum absolute atomic E-state index is 0.708. The number of nitrogens with zero attached hydrogens (tertiary/aromatic N) is 1. The van der Waals surface area contributed by atoms with Crippen LogP contribution in [-0.2, 0) is 0 Å². The molecule has 0 N–H and O–H groups in total. The van der Waals surface area contributed by atoms with Crippen LogP contribution in [0, 0.1) is 0 Å². The van der Waals surface area contributed by atoms with E-state index in [-0.39, 0.29) is 0 Å². The average Bonchev–Trinajstić information content (AvgIpc) is 2.66. The second-order valence-corrected chi connectivity index (χ2v) is 6.04. The van der Waals surface area contributed by atoms with Gasteiger partial charge in [0.05, 0.1) is 13.2 Å². The van der Waals surface area contributed by atoms with Crippen molar-refractivity contribution in [2.24, 2.45) is 0 Å². The molecule has 1 aromatic carbocycles. The lowest BCUT2D eigenvalue weighted by atomic mass is 10.3. The SMILES string of the molecule is Brc1cnccc1Sc1ccc2c(c1)OCCCO2. The molecular weight excluding hydrogens is 326 g/mol. The average molecular weight is 338 g/mol. The Morgan fingerprint density at radius 3 is 2.79 bits per heavy atom. The number of rotatable bonds is 2. The van der Waals surface area contributed by atoms with Crippen LogP contribution < -0.4 is 9.47 Å². The number of benzene rings is 1. The number of ether oxygens (including phenoxy) is 2. The molecule has 2 heterocycles. The van der Waals surface area contributed by atoms with Crippen molar-refractivity contribution in [1.29, 1.82) is 0 Å². The van der Waals surface area contributed by atoms with Gasteiger partial charge in [0.15, 0.2) is 11.5 Å². The highest BCUT2D eigenvalue weighted by atomic mass is 79.9. The third-order valence-corrected chi connectivity index (χ3v) is 4.64. The third kappa shape index (κ3) is 3.04. The van der Waals surface area contributed by atoms with Gasteiger partial charge >= 0.3 is 0 Å². The normalized spacial score (nSPS) is 13.9. The van der Waals surface area contributed by atoms with Gasteiger partial charge < -0.3 is 9.47 Å². The topological polar surface area (TPSA) is 31.4 Å². The van der Waals surface area contributed by atoms with Crippen molar-refractivity contribution >= 4 is 27.7 Å². The lowest BCUT2D eigenvalue weighted by Crippen LogP contribution is -1.97. The second-order valence-electron chi connectivity index (χ2n) is 4.07. The number of aromatic nitrogens is 1. The minimum atomic E-state index is 0.708. The van der Waals surface area contributed by atoms with Crippen LogP contribution in [0.3, 0.4) is 0 Å². The molecule has 5 heteroatoms. The van der Waals surface area contributed by atoms with E-state index >= 15 is 0 Å². The van der Waals surface area contributed by atoms with Gasteiger partial charge in [0, 0.05) is 33.1 Å². The van der Waals surface area contributed by atoms with Gasteiger partial charge in [0.1, 0.15) is 0 Å². The number of halogens is 1. The molecule has 98 valence electrons. The van der Waals surface area contributed by atoms with Crippen molar-refractivity contribution < 1.29 is 9.47 Å². The molecule has 0 spiro atoms. The summed E-state index contributed by atoms with van der Waals surface area (Å²) in [6.07, 6.45) is 4.51. The predicted octanol–water partition coefficient (Wildman–Crippen LogP) is 4.16. The highest BCUT2D eigenvalue weighted by molar-refractivity contribution is 9.10. The first-order valence-electron chi connectivity index (χ1n) is 6.00. The van der Waals surface area contributed by atoms with Gasteiger partial charge in [0.25, 0.3) is 0 Å². The van der Waals surface area contributed by atoms with Crippen LogP contribution >= 0.6 is 27.7 Å². The molecule has 3 nitrogen and oxygen atoms in total. The second kappa shape index (κ2) is 5.84. The van der Waals surface area contributed by atoms with E-state index in [0.717, 1.165) is 38.8 Å². The summed E-state index contributed by atoms with van der Waals surface area (Å²) in [5.41, 5.74) is 0. The minimum Gasteiger partial charge on any atom is -0.490 e.